The molecule has 0 N–H and O–H groups in total. The minimum absolute atomic E-state index is 1.03. The lowest BCUT2D eigenvalue weighted by Gasteiger charge is -2.23. The third-order valence-corrected chi connectivity index (χ3v) is 9.02. The van der Waals surface area contributed by atoms with Gasteiger partial charge in [-0.3, -0.25) is 0 Å². The molecule has 0 atom stereocenters. The molecule has 0 amide bonds. The Balaban J connectivity index is 1.45. The summed E-state index contributed by atoms with van der Waals surface area (Å²) in [5.41, 5.74) is 4.60. The van der Waals surface area contributed by atoms with Gasteiger partial charge in [-0.2, -0.15) is 0 Å². The summed E-state index contributed by atoms with van der Waals surface area (Å²) in [7, 11) is -1.58. The van der Waals surface area contributed by atoms with Crippen LogP contribution in [0.2, 0.25) is 19.6 Å². The molecule has 0 spiro atoms. The third-order valence-electron chi connectivity index (χ3n) is 6.98. The number of rotatable bonds is 2. The number of benzene rings is 6. The van der Waals surface area contributed by atoms with E-state index in [2.05, 4.69) is 147 Å². The van der Waals surface area contributed by atoms with Crippen molar-refractivity contribution in [2.45, 2.75) is 19.6 Å². The largest absolute Gasteiger partial charge is 0.0792 e. The zero-order chi connectivity index (χ0) is 24.7. The quantitative estimate of drug-likeness (QED) is 0.133. The van der Waals surface area contributed by atoms with Gasteiger partial charge in [0.15, 0.2) is 0 Å². The first-order valence-electron chi connectivity index (χ1n) is 12.5. The lowest BCUT2D eigenvalue weighted by Crippen LogP contribution is -2.39. The highest BCUT2D eigenvalue weighted by Gasteiger charge is 2.23. The molecule has 0 unspecified atom stereocenters. The zero-order valence-electron chi connectivity index (χ0n) is 21.0. The molecular weight excluding hydrogens is 448 g/mol. The molecule has 0 nitrogen and oxygen atoms in total. The maximum absolute atomic E-state index is 3.57. The second-order valence-electron chi connectivity index (χ2n) is 10.5. The molecule has 36 heavy (non-hydrogen) atoms. The molecule has 6 aromatic rings. The predicted octanol–water partition coefficient (Wildman–Crippen LogP) is 8.76. The van der Waals surface area contributed by atoms with Crippen molar-refractivity contribution in [1.82, 2.24) is 0 Å². The van der Waals surface area contributed by atoms with Crippen molar-refractivity contribution < 1.29 is 0 Å². The molecule has 6 aromatic carbocycles. The van der Waals surface area contributed by atoms with Crippen LogP contribution in [0.25, 0.3) is 43.4 Å². The van der Waals surface area contributed by atoms with E-state index in [1.807, 2.05) is 0 Å². The fraction of sp³-hybridized carbons (Fsp3) is 0.0857. The highest BCUT2D eigenvalue weighted by Crippen LogP contribution is 2.29. The lowest BCUT2D eigenvalue weighted by molar-refractivity contribution is 1.61. The molecular formula is C35H28Si. The summed E-state index contributed by atoms with van der Waals surface area (Å²) in [6.07, 6.45) is 0. The van der Waals surface area contributed by atoms with Crippen molar-refractivity contribution in [2.75, 3.05) is 0 Å². The molecule has 1 heteroatoms. The Morgan fingerprint density at radius 3 is 1.61 bits per heavy atom. The molecule has 0 radical (unpaired) electrons. The van der Waals surface area contributed by atoms with E-state index in [1.54, 1.807) is 0 Å². The molecule has 0 aliphatic rings. The van der Waals surface area contributed by atoms with Gasteiger partial charge in [0.2, 0.25) is 0 Å². The summed E-state index contributed by atoms with van der Waals surface area (Å²) in [6, 6.07) is 41.4. The van der Waals surface area contributed by atoms with E-state index in [4.69, 9.17) is 0 Å². The Morgan fingerprint density at radius 1 is 0.472 bits per heavy atom. The topological polar surface area (TPSA) is 0 Å². The first-order chi connectivity index (χ1) is 17.5. The molecule has 6 rings (SSSR count). The van der Waals surface area contributed by atoms with Crippen LogP contribution in [0.1, 0.15) is 11.1 Å². The van der Waals surface area contributed by atoms with Crippen LogP contribution in [0.5, 0.6) is 0 Å². The van der Waals surface area contributed by atoms with Crippen LogP contribution >= 0.6 is 0 Å². The van der Waals surface area contributed by atoms with Crippen LogP contribution in [0.3, 0.4) is 0 Å². The predicted molar refractivity (Wildman–Crippen MR) is 160 cm³/mol. The van der Waals surface area contributed by atoms with Crippen molar-refractivity contribution >= 4 is 45.6 Å². The van der Waals surface area contributed by atoms with Gasteiger partial charge in [-0.25, -0.2) is 0 Å². The van der Waals surface area contributed by atoms with Crippen LogP contribution in [0, 0.1) is 11.8 Å². The van der Waals surface area contributed by atoms with Crippen LogP contribution in [0.15, 0.2) is 115 Å². The summed E-state index contributed by atoms with van der Waals surface area (Å²) < 4.78 is 0. The number of hydrogen-bond acceptors (Lipinski definition) is 0. The fourth-order valence-corrected chi connectivity index (χ4v) is 7.37. The average Bonchev–Trinajstić information content (AvgIpc) is 2.90. The van der Waals surface area contributed by atoms with Gasteiger partial charge >= 0.3 is 0 Å². The van der Waals surface area contributed by atoms with Crippen LogP contribution in [-0.4, -0.2) is 8.07 Å². The van der Waals surface area contributed by atoms with E-state index < -0.39 is 8.07 Å². The van der Waals surface area contributed by atoms with E-state index in [-0.39, 0.29) is 0 Å². The first-order valence-corrected chi connectivity index (χ1v) is 16.0. The van der Waals surface area contributed by atoms with Crippen molar-refractivity contribution in [3.8, 4) is 23.0 Å². The molecule has 0 saturated heterocycles. The minimum Gasteiger partial charge on any atom is -0.0656 e. The Morgan fingerprint density at radius 2 is 1.00 bits per heavy atom. The summed E-state index contributed by atoms with van der Waals surface area (Å²) >= 11 is 0. The molecule has 0 fully saturated rings. The second-order valence-corrected chi connectivity index (χ2v) is 15.5. The van der Waals surface area contributed by atoms with E-state index >= 15 is 0 Å². The van der Waals surface area contributed by atoms with Gasteiger partial charge < -0.3 is 0 Å². The molecule has 0 aliphatic carbocycles. The highest BCUT2D eigenvalue weighted by atomic mass is 28.3. The van der Waals surface area contributed by atoms with E-state index in [9.17, 15) is 0 Å². The SMILES string of the molecule is C[Si](C)(C)c1c2ccccc2c(C#Cc2ccc(-c3ccc4ccccc4c3)cc2)c2ccccc12. The van der Waals surface area contributed by atoms with Crippen LogP contribution in [-0.2, 0) is 0 Å². The normalized spacial score (nSPS) is 11.5. The maximum atomic E-state index is 3.57. The van der Waals surface area contributed by atoms with Gasteiger partial charge in [-0.05, 0) is 66.8 Å². The lowest BCUT2D eigenvalue weighted by atomic mass is 9.96. The van der Waals surface area contributed by atoms with Crippen molar-refractivity contribution in [1.29, 1.82) is 0 Å². The smallest absolute Gasteiger partial charge is 0.0656 e. The van der Waals surface area contributed by atoms with Gasteiger partial charge in [0, 0.05) is 11.1 Å². The van der Waals surface area contributed by atoms with Gasteiger partial charge in [0.25, 0.3) is 0 Å². The van der Waals surface area contributed by atoms with Crippen molar-refractivity contribution in [3.63, 3.8) is 0 Å². The van der Waals surface area contributed by atoms with Gasteiger partial charge in [-0.1, -0.05) is 129 Å². The third kappa shape index (κ3) is 4.00. The van der Waals surface area contributed by atoms with Gasteiger partial charge in [0.05, 0.1) is 8.07 Å². The Kier molecular flexibility index (Phi) is 5.48. The number of fused-ring (bicyclic) bond motifs is 3. The standard InChI is InChI=1S/C35H28Si/c1-36(2,3)35-33-14-8-6-12-30(33)32(31-13-7-9-15-34(31)35)23-18-25-16-19-27(20-17-25)29-22-21-26-10-4-5-11-28(26)24-29/h4-17,19-22,24H,1-3H3. The van der Waals surface area contributed by atoms with Crippen LogP contribution < -0.4 is 5.19 Å². The van der Waals surface area contributed by atoms with Crippen molar-refractivity contribution in [2.24, 2.45) is 0 Å². The van der Waals surface area contributed by atoms with Crippen molar-refractivity contribution in [3.05, 3.63) is 126 Å². The molecule has 0 heterocycles. The average molecular weight is 477 g/mol. The maximum Gasteiger partial charge on any atom is 0.0792 e. The molecule has 0 aromatic heterocycles. The molecule has 0 bridgehead atoms. The Labute approximate surface area is 214 Å². The van der Waals surface area contributed by atoms with Gasteiger partial charge in [0.1, 0.15) is 0 Å². The summed E-state index contributed by atoms with van der Waals surface area (Å²) in [5.74, 6) is 7.05. The first kappa shape index (κ1) is 22.3. The highest BCUT2D eigenvalue weighted by molar-refractivity contribution is 6.92. The van der Waals surface area contributed by atoms with E-state index in [1.165, 1.54) is 48.6 Å². The zero-order valence-corrected chi connectivity index (χ0v) is 22.0. The van der Waals surface area contributed by atoms with E-state index in [0.29, 0.717) is 0 Å². The molecule has 0 saturated carbocycles. The fourth-order valence-electron chi connectivity index (χ4n) is 5.32. The molecule has 0 aliphatic heterocycles. The second kappa shape index (κ2) is 8.83. The summed E-state index contributed by atoms with van der Waals surface area (Å²) in [5, 5.41) is 9.28. The number of hydrogen-bond donors (Lipinski definition) is 0. The summed E-state index contributed by atoms with van der Waals surface area (Å²) in [4.78, 5) is 0. The molecule has 172 valence electrons. The van der Waals surface area contributed by atoms with Gasteiger partial charge in [-0.15, -0.1) is 0 Å². The summed E-state index contributed by atoms with van der Waals surface area (Å²) in [6.45, 7) is 7.30. The minimum atomic E-state index is -1.58. The monoisotopic (exact) mass is 476 g/mol. The van der Waals surface area contributed by atoms with Crippen LogP contribution in [0.4, 0.5) is 0 Å². The Bertz CT molecular complexity index is 1750. The Hall–Kier alpha value is -4.12. The van der Waals surface area contributed by atoms with E-state index in [0.717, 1.165) is 11.1 Å².